The van der Waals surface area contributed by atoms with Gasteiger partial charge in [-0.1, -0.05) is 36.4 Å². The molecule has 1 N–H and O–H groups in total. The highest BCUT2D eigenvalue weighted by atomic mass is 16.5. The molecule has 0 amide bonds. The molecule has 0 bridgehead atoms. The number of aromatic amines is 1. The predicted octanol–water partition coefficient (Wildman–Crippen LogP) is 5.39. The Kier molecular flexibility index (Phi) is 5.28. The van der Waals surface area contributed by atoms with Crippen LogP contribution in [-0.4, -0.2) is 9.97 Å². The van der Waals surface area contributed by atoms with E-state index in [1.54, 1.807) is 12.1 Å². The summed E-state index contributed by atoms with van der Waals surface area (Å²) in [4.78, 5) is 7.74. The van der Waals surface area contributed by atoms with Crippen LogP contribution in [0.4, 0.5) is 0 Å². The van der Waals surface area contributed by atoms with Crippen molar-refractivity contribution in [3.8, 4) is 17.9 Å². The van der Waals surface area contributed by atoms with Gasteiger partial charge in [0, 0.05) is 5.56 Å². The number of aromatic nitrogens is 2. The van der Waals surface area contributed by atoms with E-state index in [0.717, 1.165) is 27.7 Å². The lowest BCUT2D eigenvalue weighted by Crippen LogP contribution is -1.98. The van der Waals surface area contributed by atoms with Crippen molar-refractivity contribution >= 4 is 22.7 Å². The molecule has 0 aliphatic carbocycles. The van der Waals surface area contributed by atoms with Gasteiger partial charge in [0.1, 0.15) is 24.3 Å². The highest BCUT2D eigenvalue weighted by molar-refractivity contribution is 5.90. The molecule has 1 heterocycles. The molecule has 0 fully saturated rings. The Morgan fingerprint density at radius 2 is 1.87 bits per heavy atom. The lowest BCUT2D eigenvalue weighted by molar-refractivity contribution is 0.306. The van der Waals surface area contributed by atoms with Crippen LogP contribution in [-0.2, 0) is 6.61 Å². The van der Waals surface area contributed by atoms with Crippen molar-refractivity contribution in [1.29, 1.82) is 10.5 Å². The van der Waals surface area contributed by atoms with Crippen LogP contribution in [0.5, 0.6) is 5.75 Å². The number of benzene rings is 3. The molecule has 4 rings (SSSR count). The number of nitrogens with one attached hydrogen (secondary N) is 1. The van der Waals surface area contributed by atoms with E-state index in [4.69, 9.17) is 10.00 Å². The summed E-state index contributed by atoms with van der Waals surface area (Å²) in [5, 5.41) is 18.8. The molecule has 0 aliphatic rings. The van der Waals surface area contributed by atoms with Crippen molar-refractivity contribution < 1.29 is 4.74 Å². The minimum atomic E-state index is 0.320. The Labute approximate surface area is 174 Å². The fraction of sp³-hybridized carbons (Fsp3) is 0.0800. The molecular weight excluding hydrogens is 372 g/mol. The molecule has 144 valence electrons. The van der Waals surface area contributed by atoms with E-state index < -0.39 is 0 Å². The van der Waals surface area contributed by atoms with Crippen molar-refractivity contribution in [2.45, 2.75) is 13.5 Å². The quantitative estimate of drug-likeness (QED) is 0.463. The molecule has 5 nitrogen and oxygen atoms in total. The zero-order valence-electron chi connectivity index (χ0n) is 16.4. The standard InChI is InChI=1S/C25H18N4O/c1-17-6-11-23-24(12-17)29-25(28-23)21(15-27)13-18-7-9-22(10-8-18)30-16-20-5-3-2-4-19(20)14-26/h2-13H,16H2,1H3,(H,28,29)/b21-13-. The van der Waals surface area contributed by atoms with Gasteiger partial charge >= 0.3 is 0 Å². The molecule has 3 aromatic carbocycles. The van der Waals surface area contributed by atoms with E-state index in [9.17, 15) is 5.26 Å². The fourth-order valence-corrected chi connectivity index (χ4v) is 3.15. The van der Waals surface area contributed by atoms with Crippen molar-refractivity contribution in [3.05, 3.63) is 94.8 Å². The number of allylic oxidation sites excluding steroid dienone is 1. The number of fused-ring (bicyclic) bond motifs is 1. The Hall–Kier alpha value is -4.35. The van der Waals surface area contributed by atoms with Crippen molar-refractivity contribution in [3.63, 3.8) is 0 Å². The zero-order chi connectivity index (χ0) is 20.9. The van der Waals surface area contributed by atoms with Gasteiger partial charge in [-0.2, -0.15) is 10.5 Å². The van der Waals surface area contributed by atoms with Crippen LogP contribution in [0, 0.1) is 29.6 Å². The number of aryl methyl sites for hydroxylation is 1. The van der Waals surface area contributed by atoms with Gasteiger partial charge in [-0.3, -0.25) is 0 Å². The second-order valence-electron chi connectivity index (χ2n) is 6.90. The summed E-state index contributed by atoms with van der Waals surface area (Å²) in [5.74, 6) is 1.24. The van der Waals surface area contributed by atoms with E-state index in [1.807, 2.05) is 67.6 Å². The van der Waals surface area contributed by atoms with Gasteiger partial charge in [-0.15, -0.1) is 0 Å². The van der Waals surface area contributed by atoms with Gasteiger partial charge in [-0.05, 0) is 54.5 Å². The number of rotatable bonds is 5. The van der Waals surface area contributed by atoms with Crippen LogP contribution in [0.15, 0.2) is 66.7 Å². The van der Waals surface area contributed by atoms with E-state index >= 15 is 0 Å². The van der Waals surface area contributed by atoms with Crippen LogP contribution in [0.1, 0.15) is 28.1 Å². The highest BCUT2D eigenvalue weighted by Gasteiger charge is 2.08. The number of H-pyrrole nitrogens is 1. The Morgan fingerprint density at radius 3 is 2.63 bits per heavy atom. The summed E-state index contributed by atoms with van der Waals surface area (Å²) in [6.45, 7) is 2.34. The molecule has 4 aromatic rings. The van der Waals surface area contributed by atoms with Crippen LogP contribution < -0.4 is 4.74 Å². The molecule has 0 saturated carbocycles. The van der Waals surface area contributed by atoms with Crippen LogP contribution in [0.3, 0.4) is 0 Å². The van der Waals surface area contributed by atoms with Crippen molar-refractivity contribution in [2.75, 3.05) is 0 Å². The normalized spacial score (nSPS) is 11.1. The van der Waals surface area contributed by atoms with E-state index in [1.165, 1.54) is 0 Å². The maximum Gasteiger partial charge on any atom is 0.149 e. The lowest BCUT2D eigenvalue weighted by Gasteiger charge is -2.08. The van der Waals surface area contributed by atoms with Gasteiger partial charge in [0.05, 0.1) is 28.2 Å². The first-order valence-corrected chi connectivity index (χ1v) is 9.45. The monoisotopic (exact) mass is 390 g/mol. The summed E-state index contributed by atoms with van der Waals surface area (Å²) in [6.07, 6.45) is 1.79. The first-order chi connectivity index (χ1) is 14.7. The number of hydrogen-bond acceptors (Lipinski definition) is 4. The molecule has 0 aliphatic heterocycles. The number of nitrogens with zero attached hydrogens (tertiary/aromatic N) is 3. The number of nitriles is 2. The maximum absolute atomic E-state index is 9.61. The predicted molar refractivity (Wildman–Crippen MR) is 116 cm³/mol. The summed E-state index contributed by atoms with van der Waals surface area (Å²) in [6, 6.07) is 25.2. The van der Waals surface area contributed by atoms with E-state index in [2.05, 4.69) is 22.1 Å². The lowest BCUT2D eigenvalue weighted by atomic mass is 10.1. The Balaban J connectivity index is 1.51. The molecule has 30 heavy (non-hydrogen) atoms. The molecule has 1 aromatic heterocycles. The van der Waals surface area contributed by atoms with Gasteiger partial charge < -0.3 is 9.72 Å². The fourth-order valence-electron chi connectivity index (χ4n) is 3.15. The van der Waals surface area contributed by atoms with Crippen molar-refractivity contribution in [2.24, 2.45) is 0 Å². The summed E-state index contributed by atoms with van der Waals surface area (Å²) < 4.78 is 5.80. The molecule has 0 atom stereocenters. The molecule has 0 spiro atoms. The SMILES string of the molecule is Cc1ccc2nc(/C(C#N)=C\c3ccc(OCc4ccccc4C#N)cc3)[nH]c2c1. The van der Waals surface area contributed by atoms with Gasteiger partial charge in [0.15, 0.2) is 0 Å². The third-order valence-electron chi connectivity index (χ3n) is 4.74. The summed E-state index contributed by atoms with van der Waals surface area (Å²) in [5.41, 5.74) is 5.65. The Bertz CT molecular complexity index is 1320. The minimum absolute atomic E-state index is 0.320. The number of hydrogen-bond donors (Lipinski definition) is 1. The topological polar surface area (TPSA) is 85.5 Å². The van der Waals surface area contributed by atoms with Crippen LogP contribution in [0.2, 0.25) is 0 Å². The highest BCUT2D eigenvalue weighted by Crippen LogP contribution is 2.22. The Morgan fingerprint density at radius 1 is 1.07 bits per heavy atom. The largest absolute Gasteiger partial charge is 0.489 e. The maximum atomic E-state index is 9.61. The smallest absolute Gasteiger partial charge is 0.149 e. The molecule has 0 unspecified atom stereocenters. The first-order valence-electron chi connectivity index (χ1n) is 9.45. The number of imidazole rings is 1. The van der Waals surface area contributed by atoms with Gasteiger partial charge in [-0.25, -0.2) is 4.98 Å². The molecular formula is C25H18N4O. The second-order valence-corrected chi connectivity index (χ2v) is 6.90. The summed E-state index contributed by atoms with van der Waals surface area (Å²) >= 11 is 0. The van der Waals surface area contributed by atoms with E-state index in [-0.39, 0.29) is 0 Å². The summed E-state index contributed by atoms with van der Waals surface area (Å²) in [7, 11) is 0. The minimum Gasteiger partial charge on any atom is -0.489 e. The molecule has 0 saturated heterocycles. The second kappa shape index (κ2) is 8.34. The van der Waals surface area contributed by atoms with Crippen LogP contribution >= 0.6 is 0 Å². The number of ether oxygens (including phenoxy) is 1. The first kappa shape index (κ1) is 19.0. The average Bonchev–Trinajstić information content (AvgIpc) is 3.20. The third-order valence-corrected chi connectivity index (χ3v) is 4.74. The average molecular weight is 390 g/mol. The zero-order valence-corrected chi connectivity index (χ0v) is 16.4. The van der Waals surface area contributed by atoms with Gasteiger partial charge in [0.2, 0.25) is 0 Å². The van der Waals surface area contributed by atoms with Gasteiger partial charge in [0.25, 0.3) is 0 Å². The molecule has 0 radical (unpaired) electrons. The third kappa shape index (κ3) is 4.06. The molecule has 5 heteroatoms. The van der Waals surface area contributed by atoms with Crippen LogP contribution in [0.25, 0.3) is 22.7 Å². The van der Waals surface area contributed by atoms with E-state index in [0.29, 0.717) is 29.3 Å². The van der Waals surface area contributed by atoms with Crippen molar-refractivity contribution in [1.82, 2.24) is 9.97 Å².